The molecule has 1 saturated heterocycles. The fourth-order valence-corrected chi connectivity index (χ4v) is 3.16. The van der Waals surface area contributed by atoms with E-state index in [9.17, 15) is 4.79 Å². The van der Waals surface area contributed by atoms with Crippen molar-refractivity contribution in [2.75, 3.05) is 32.8 Å². The Morgan fingerprint density at radius 3 is 2.85 bits per heavy atom. The monoisotopic (exact) mass is 277 g/mol. The van der Waals surface area contributed by atoms with Crippen molar-refractivity contribution in [2.24, 2.45) is 5.73 Å². The molecule has 1 aliphatic carbocycles. The molecule has 0 radical (unpaired) electrons. The molecular weight excluding hydrogens is 254 g/mol. The molecule has 0 amide bonds. The molecular formula is C15H23N3O2. The van der Waals surface area contributed by atoms with Crippen molar-refractivity contribution in [3.8, 4) is 0 Å². The first-order valence-corrected chi connectivity index (χ1v) is 7.51. The molecule has 20 heavy (non-hydrogen) atoms. The second kappa shape index (κ2) is 6.08. The molecule has 2 aliphatic rings. The lowest BCUT2D eigenvalue weighted by atomic mass is 9.92. The van der Waals surface area contributed by atoms with Gasteiger partial charge in [0.15, 0.2) is 0 Å². The van der Waals surface area contributed by atoms with E-state index < -0.39 is 0 Å². The van der Waals surface area contributed by atoms with Gasteiger partial charge in [-0.05, 0) is 24.8 Å². The predicted molar refractivity (Wildman–Crippen MR) is 78.0 cm³/mol. The number of ether oxygens (including phenoxy) is 1. The van der Waals surface area contributed by atoms with E-state index in [-0.39, 0.29) is 11.6 Å². The molecule has 1 aliphatic heterocycles. The second-order valence-electron chi connectivity index (χ2n) is 5.75. The summed E-state index contributed by atoms with van der Waals surface area (Å²) in [6, 6.07) is 3.89. The van der Waals surface area contributed by atoms with Crippen LogP contribution in [0, 0.1) is 0 Å². The first kappa shape index (κ1) is 13.8. The van der Waals surface area contributed by atoms with Crippen LogP contribution in [0.2, 0.25) is 0 Å². The topological polar surface area (TPSA) is 60.5 Å². The van der Waals surface area contributed by atoms with Crippen LogP contribution in [0.25, 0.3) is 0 Å². The number of nitrogens with zero attached hydrogens (tertiary/aromatic N) is 2. The molecule has 2 heterocycles. The molecule has 5 heteroatoms. The number of morpholine rings is 1. The summed E-state index contributed by atoms with van der Waals surface area (Å²) in [7, 11) is 0. The van der Waals surface area contributed by atoms with Crippen LogP contribution in [0.4, 0.5) is 0 Å². The highest BCUT2D eigenvalue weighted by Gasteiger charge is 2.19. The van der Waals surface area contributed by atoms with Gasteiger partial charge in [0, 0.05) is 44.0 Å². The summed E-state index contributed by atoms with van der Waals surface area (Å²) >= 11 is 0. The maximum atomic E-state index is 12.1. The number of rotatable bonds is 3. The van der Waals surface area contributed by atoms with Crippen molar-refractivity contribution in [3.05, 3.63) is 33.7 Å². The van der Waals surface area contributed by atoms with E-state index in [0.717, 1.165) is 58.7 Å². The number of hydrogen-bond donors (Lipinski definition) is 1. The summed E-state index contributed by atoms with van der Waals surface area (Å²) in [5.41, 5.74) is 8.59. The first-order chi connectivity index (χ1) is 9.74. The first-order valence-electron chi connectivity index (χ1n) is 7.51. The van der Waals surface area contributed by atoms with Crippen molar-refractivity contribution in [1.29, 1.82) is 0 Å². The SMILES string of the molecule is N[C@H]1CCc2c(ccc(=O)n2CCN2CCOCC2)C1. The Hall–Kier alpha value is -1.17. The minimum atomic E-state index is 0.118. The van der Waals surface area contributed by atoms with Crippen molar-refractivity contribution < 1.29 is 4.74 Å². The second-order valence-corrected chi connectivity index (χ2v) is 5.75. The highest BCUT2D eigenvalue weighted by molar-refractivity contribution is 5.25. The lowest BCUT2D eigenvalue weighted by molar-refractivity contribution is 0.0361. The van der Waals surface area contributed by atoms with Gasteiger partial charge in [0.25, 0.3) is 5.56 Å². The summed E-state index contributed by atoms with van der Waals surface area (Å²) in [6.45, 7) is 5.24. The molecule has 3 rings (SSSR count). The van der Waals surface area contributed by atoms with E-state index in [4.69, 9.17) is 10.5 Å². The van der Waals surface area contributed by atoms with E-state index in [2.05, 4.69) is 4.90 Å². The number of fused-ring (bicyclic) bond motifs is 1. The highest BCUT2D eigenvalue weighted by Crippen LogP contribution is 2.19. The fraction of sp³-hybridized carbons (Fsp3) is 0.667. The average molecular weight is 277 g/mol. The van der Waals surface area contributed by atoms with E-state index in [1.54, 1.807) is 6.07 Å². The molecule has 0 spiro atoms. The van der Waals surface area contributed by atoms with Gasteiger partial charge in [-0.25, -0.2) is 0 Å². The van der Waals surface area contributed by atoms with Crippen molar-refractivity contribution >= 4 is 0 Å². The van der Waals surface area contributed by atoms with Crippen molar-refractivity contribution in [2.45, 2.75) is 31.8 Å². The van der Waals surface area contributed by atoms with Crippen molar-refractivity contribution in [3.63, 3.8) is 0 Å². The lowest BCUT2D eigenvalue weighted by Crippen LogP contribution is -2.40. The zero-order valence-electron chi connectivity index (χ0n) is 11.9. The minimum absolute atomic E-state index is 0.118. The lowest BCUT2D eigenvalue weighted by Gasteiger charge is -2.29. The molecule has 0 aromatic carbocycles. The minimum Gasteiger partial charge on any atom is -0.379 e. The Morgan fingerprint density at radius 2 is 2.05 bits per heavy atom. The third-order valence-corrected chi connectivity index (χ3v) is 4.37. The maximum Gasteiger partial charge on any atom is 0.250 e. The smallest absolute Gasteiger partial charge is 0.250 e. The van der Waals surface area contributed by atoms with Crippen LogP contribution in [0.5, 0.6) is 0 Å². The fourth-order valence-electron chi connectivity index (χ4n) is 3.16. The van der Waals surface area contributed by atoms with E-state index in [0.29, 0.717) is 0 Å². The Morgan fingerprint density at radius 1 is 1.25 bits per heavy atom. The third-order valence-electron chi connectivity index (χ3n) is 4.37. The molecule has 2 N–H and O–H groups in total. The number of hydrogen-bond acceptors (Lipinski definition) is 4. The molecule has 0 saturated carbocycles. The van der Waals surface area contributed by atoms with Crippen LogP contribution in [-0.4, -0.2) is 48.4 Å². The molecule has 0 bridgehead atoms. The van der Waals surface area contributed by atoms with Crippen LogP contribution < -0.4 is 11.3 Å². The maximum absolute atomic E-state index is 12.1. The zero-order chi connectivity index (χ0) is 13.9. The summed E-state index contributed by atoms with van der Waals surface area (Å²) in [5.74, 6) is 0. The van der Waals surface area contributed by atoms with Gasteiger partial charge >= 0.3 is 0 Å². The third kappa shape index (κ3) is 2.95. The normalized spacial score (nSPS) is 23.6. The summed E-state index contributed by atoms with van der Waals surface area (Å²) in [4.78, 5) is 14.5. The summed E-state index contributed by atoms with van der Waals surface area (Å²) < 4.78 is 7.31. The number of aromatic nitrogens is 1. The van der Waals surface area contributed by atoms with E-state index in [1.165, 1.54) is 11.3 Å². The summed E-state index contributed by atoms with van der Waals surface area (Å²) in [5, 5.41) is 0. The van der Waals surface area contributed by atoms with Gasteiger partial charge in [0.1, 0.15) is 0 Å². The van der Waals surface area contributed by atoms with Gasteiger partial charge in [-0.2, -0.15) is 0 Å². The number of pyridine rings is 1. The molecule has 5 nitrogen and oxygen atoms in total. The van der Waals surface area contributed by atoms with E-state index in [1.807, 2.05) is 10.6 Å². The molecule has 1 aromatic rings. The van der Waals surface area contributed by atoms with Crippen LogP contribution >= 0.6 is 0 Å². The predicted octanol–water partition coefficient (Wildman–Crippen LogP) is -0.00350. The molecule has 1 fully saturated rings. The molecule has 0 unspecified atom stereocenters. The van der Waals surface area contributed by atoms with Gasteiger partial charge in [-0.1, -0.05) is 6.07 Å². The van der Waals surface area contributed by atoms with Gasteiger partial charge < -0.3 is 15.0 Å². The Balaban J connectivity index is 1.75. The average Bonchev–Trinajstić information content (AvgIpc) is 2.47. The van der Waals surface area contributed by atoms with Gasteiger partial charge in [0.05, 0.1) is 13.2 Å². The standard InChI is InChI=1S/C15H23N3O2/c16-13-2-3-14-12(11-13)1-4-15(19)18(14)6-5-17-7-9-20-10-8-17/h1,4,13H,2-3,5-11,16H2/t13-/m0/s1. The quantitative estimate of drug-likeness (QED) is 0.844. The Kier molecular flexibility index (Phi) is 4.19. The Bertz CT molecular complexity index is 520. The molecule has 110 valence electrons. The van der Waals surface area contributed by atoms with Gasteiger partial charge in [-0.15, -0.1) is 0 Å². The molecule has 1 aromatic heterocycles. The van der Waals surface area contributed by atoms with Gasteiger partial charge in [0.2, 0.25) is 0 Å². The summed E-state index contributed by atoms with van der Waals surface area (Å²) in [6.07, 6.45) is 2.80. The van der Waals surface area contributed by atoms with Crippen LogP contribution in [0.1, 0.15) is 17.7 Å². The zero-order valence-corrected chi connectivity index (χ0v) is 11.9. The van der Waals surface area contributed by atoms with Crippen molar-refractivity contribution in [1.82, 2.24) is 9.47 Å². The van der Waals surface area contributed by atoms with Crippen LogP contribution in [0.15, 0.2) is 16.9 Å². The Labute approximate surface area is 119 Å². The largest absolute Gasteiger partial charge is 0.379 e. The van der Waals surface area contributed by atoms with Gasteiger partial charge in [-0.3, -0.25) is 9.69 Å². The van der Waals surface area contributed by atoms with E-state index >= 15 is 0 Å². The van der Waals surface area contributed by atoms with Crippen LogP contribution in [-0.2, 0) is 24.1 Å². The molecule has 1 atom stereocenters. The highest BCUT2D eigenvalue weighted by atomic mass is 16.5. The van der Waals surface area contributed by atoms with Crippen LogP contribution in [0.3, 0.4) is 0 Å². The number of nitrogens with two attached hydrogens (primary N) is 1.